The Labute approximate surface area is 115 Å². The highest BCUT2D eigenvalue weighted by atomic mass is 15.5. The molecule has 0 aromatic carbocycles. The van der Waals surface area contributed by atoms with Crippen molar-refractivity contribution < 1.29 is 0 Å². The molecule has 3 aromatic rings. The molecule has 1 unspecified atom stereocenters. The Morgan fingerprint density at radius 1 is 1.15 bits per heavy atom. The maximum atomic E-state index is 4.20. The maximum Gasteiger partial charge on any atom is 0.175 e. The van der Waals surface area contributed by atoms with Crippen LogP contribution in [-0.4, -0.2) is 29.6 Å². The summed E-state index contributed by atoms with van der Waals surface area (Å²) in [5, 5.41) is 19.2. The zero-order valence-corrected chi connectivity index (χ0v) is 11.9. The first-order valence-electron chi connectivity index (χ1n) is 6.39. The van der Waals surface area contributed by atoms with Crippen LogP contribution in [0.2, 0.25) is 0 Å². The van der Waals surface area contributed by atoms with Gasteiger partial charge in [-0.15, -0.1) is 10.2 Å². The standard InChI is InChI=1S/2C6H8N4/c1-4-3-6-8-7-5(2)10(6)9-4;1-4-3-6-7-5(2)9-10(6)8-4/h3,5H,1-2H3;3,8H,1-2H3. The number of hydrogen-bond donors (Lipinski definition) is 1. The summed E-state index contributed by atoms with van der Waals surface area (Å²) in [5.41, 5.74) is 2.96. The summed E-state index contributed by atoms with van der Waals surface area (Å²) in [7, 11) is 0. The molecule has 1 aliphatic heterocycles. The summed E-state index contributed by atoms with van der Waals surface area (Å²) in [6.07, 6.45) is 0.0868. The third-order valence-electron chi connectivity index (χ3n) is 2.89. The molecule has 1 aliphatic rings. The minimum Gasteiger partial charge on any atom is -0.281 e. The molecule has 1 N–H and O–H groups in total. The van der Waals surface area contributed by atoms with Crippen molar-refractivity contribution in [2.24, 2.45) is 10.2 Å². The molecule has 8 nitrogen and oxygen atoms in total. The van der Waals surface area contributed by atoms with Crippen LogP contribution < -0.4 is 0 Å². The molecule has 0 fully saturated rings. The summed E-state index contributed by atoms with van der Waals surface area (Å²) >= 11 is 0. The molecular weight excluding hydrogens is 256 g/mol. The zero-order valence-electron chi connectivity index (χ0n) is 11.9. The maximum absolute atomic E-state index is 4.20. The SMILES string of the molecule is Cc1cc2n(n1)C(C)N=N2.Cc1nc2cc(C)[nH]n2n1. The molecule has 20 heavy (non-hydrogen) atoms. The lowest BCUT2D eigenvalue weighted by atomic mass is 10.5. The van der Waals surface area contributed by atoms with Crippen molar-refractivity contribution >= 4 is 11.5 Å². The summed E-state index contributed by atoms with van der Waals surface area (Å²) < 4.78 is 3.49. The van der Waals surface area contributed by atoms with Gasteiger partial charge < -0.3 is 0 Å². The second kappa shape index (κ2) is 4.55. The highest BCUT2D eigenvalue weighted by Crippen LogP contribution is 2.27. The third kappa shape index (κ3) is 2.20. The topological polar surface area (TPSA) is 88.5 Å². The van der Waals surface area contributed by atoms with Crippen LogP contribution in [0.25, 0.3) is 5.65 Å². The Morgan fingerprint density at radius 2 is 1.95 bits per heavy atom. The minimum atomic E-state index is 0.0868. The molecular formula is C12H16N8. The largest absolute Gasteiger partial charge is 0.281 e. The fourth-order valence-electron chi connectivity index (χ4n) is 2.04. The van der Waals surface area contributed by atoms with Gasteiger partial charge in [-0.25, -0.2) is 9.67 Å². The molecule has 0 amide bonds. The summed E-state index contributed by atoms with van der Waals surface area (Å²) in [4.78, 5) is 4.15. The highest BCUT2D eigenvalue weighted by molar-refractivity contribution is 5.37. The third-order valence-corrected chi connectivity index (χ3v) is 2.89. The van der Waals surface area contributed by atoms with Gasteiger partial charge in [0.25, 0.3) is 0 Å². The van der Waals surface area contributed by atoms with E-state index in [0.717, 1.165) is 28.7 Å². The van der Waals surface area contributed by atoms with E-state index in [0.29, 0.717) is 0 Å². The molecule has 3 aromatic heterocycles. The van der Waals surface area contributed by atoms with Crippen LogP contribution in [0.3, 0.4) is 0 Å². The van der Waals surface area contributed by atoms with Gasteiger partial charge in [0, 0.05) is 17.8 Å². The van der Waals surface area contributed by atoms with E-state index in [1.807, 2.05) is 44.5 Å². The van der Waals surface area contributed by atoms with Gasteiger partial charge in [0.2, 0.25) is 0 Å². The number of aromatic nitrogens is 6. The summed E-state index contributed by atoms with van der Waals surface area (Å²) in [6.45, 7) is 7.77. The molecule has 0 saturated carbocycles. The smallest absolute Gasteiger partial charge is 0.175 e. The van der Waals surface area contributed by atoms with E-state index in [2.05, 4.69) is 30.5 Å². The van der Waals surface area contributed by atoms with Crippen molar-refractivity contribution in [3.8, 4) is 0 Å². The second-order valence-corrected chi connectivity index (χ2v) is 4.80. The Bertz CT molecular complexity index is 712. The molecule has 8 heteroatoms. The number of azo groups is 1. The van der Waals surface area contributed by atoms with Crippen molar-refractivity contribution in [3.63, 3.8) is 0 Å². The van der Waals surface area contributed by atoms with Gasteiger partial charge in [0.1, 0.15) is 5.82 Å². The molecule has 104 valence electrons. The predicted octanol–water partition coefficient (Wildman–Crippen LogP) is 2.48. The fraction of sp³-hybridized carbons (Fsp3) is 0.417. The Kier molecular flexibility index (Phi) is 2.85. The van der Waals surface area contributed by atoms with Crippen LogP contribution in [0, 0.1) is 20.8 Å². The van der Waals surface area contributed by atoms with Crippen LogP contribution in [0.1, 0.15) is 30.3 Å². The van der Waals surface area contributed by atoms with Crippen molar-refractivity contribution in [2.75, 3.05) is 0 Å². The van der Waals surface area contributed by atoms with E-state index in [4.69, 9.17) is 0 Å². The number of nitrogens with zero attached hydrogens (tertiary/aromatic N) is 7. The molecule has 1 atom stereocenters. The van der Waals surface area contributed by atoms with Gasteiger partial charge >= 0.3 is 0 Å². The minimum absolute atomic E-state index is 0.0868. The molecule has 4 rings (SSSR count). The summed E-state index contributed by atoms with van der Waals surface area (Å²) in [6, 6.07) is 3.88. The predicted molar refractivity (Wildman–Crippen MR) is 73.0 cm³/mol. The van der Waals surface area contributed by atoms with Crippen LogP contribution in [-0.2, 0) is 0 Å². The monoisotopic (exact) mass is 272 g/mol. The Balaban J connectivity index is 0.000000121. The van der Waals surface area contributed by atoms with Crippen molar-refractivity contribution in [3.05, 3.63) is 29.3 Å². The number of rotatable bonds is 0. The molecule has 0 spiro atoms. The van der Waals surface area contributed by atoms with Gasteiger partial charge in [-0.05, 0) is 27.7 Å². The lowest BCUT2D eigenvalue weighted by Crippen LogP contribution is -1.98. The van der Waals surface area contributed by atoms with Crippen molar-refractivity contribution in [2.45, 2.75) is 33.9 Å². The first-order valence-corrected chi connectivity index (χ1v) is 6.39. The van der Waals surface area contributed by atoms with Gasteiger partial charge in [0.05, 0.1) is 5.69 Å². The van der Waals surface area contributed by atoms with E-state index in [1.165, 1.54) is 0 Å². The number of aromatic amines is 1. The highest BCUT2D eigenvalue weighted by Gasteiger charge is 2.15. The molecule has 0 bridgehead atoms. The number of aryl methyl sites for hydroxylation is 3. The number of nitrogens with one attached hydrogen (secondary N) is 1. The lowest BCUT2D eigenvalue weighted by molar-refractivity contribution is 0.534. The van der Waals surface area contributed by atoms with Crippen molar-refractivity contribution in [1.29, 1.82) is 0 Å². The van der Waals surface area contributed by atoms with E-state index in [-0.39, 0.29) is 6.17 Å². The van der Waals surface area contributed by atoms with Crippen LogP contribution in [0.5, 0.6) is 0 Å². The van der Waals surface area contributed by atoms with E-state index in [9.17, 15) is 0 Å². The van der Waals surface area contributed by atoms with Crippen molar-refractivity contribution in [1.82, 2.24) is 29.6 Å². The van der Waals surface area contributed by atoms with Crippen LogP contribution >= 0.6 is 0 Å². The first kappa shape index (κ1) is 12.5. The van der Waals surface area contributed by atoms with Crippen LogP contribution in [0.15, 0.2) is 22.4 Å². The normalized spacial score (nSPS) is 16.3. The Morgan fingerprint density at radius 3 is 2.65 bits per heavy atom. The fourth-order valence-corrected chi connectivity index (χ4v) is 2.04. The average molecular weight is 272 g/mol. The summed E-state index contributed by atoms with van der Waals surface area (Å²) in [5.74, 6) is 1.66. The van der Waals surface area contributed by atoms with Crippen LogP contribution in [0.4, 0.5) is 5.82 Å². The Hall–Kier alpha value is -2.51. The van der Waals surface area contributed by atoms with Gasteiger partial charge in [0.15, 0.2) is 17.6 Å². The molecule has 0 saturated heterocycles. The molecule has 4 heterocycles. The van der Waals surface area contributed by atoms with E-state index < -0.39 is 0 Å². The number of hydrogen-bond acceptors (Lipinski definition) is 5. The zero-order chi connectivity index (χ0) is 14.3. The van der Waals surface area contributed by atoms with Gasteiger partial charge in [-0.2, -0.15) is 14.8 Å². The quantitative estimate of drug-likeness (QED) is 0.681. The second-order valence-electron chi connectivity index (χ2n) is 4.80. The van der Waals surface area contributed by atoms with Gasteiger partial charge in [-0.1, -0.05) is 0 Å². The van der Waals surface area contributed by atoms with Gasteiger partial charge in [-0.3, -0.25) is 5.10 Å². The number of fused-ring (bicyclic) bond motifs is 2. The lowest BCUT2D eigenvalue weighted by Gasteiger charge is -1.97. The first-order chi connectivity index (χ1) is 9.52. The van der Waals surface area contributed by atoms with E-state index in [1.54, 1.807) is 4.63 Å². The van der Waals surface area contributed by atoms with E-state index >= 15 is 0 Å². The molecule has 0 radical (unpaired) electrons. The average Bonchev–Trinajstić information content (AvgIpc) is 3.04. The molecule has 0 aliphatic carbocycles. The number of H-pyrrole nitrogens is 1.